The molecule has 1 fully saturated rings. The minimum Gasteiger partial charge on any atom is -0.396 e. The number of rotatable bonds is 2. The number of carbonyl (C=O) groups is 1. The van der Waals surface area contributed by atoms with Crippen molar-refractivity contribution in [1.29, 1.82) is 0 Å². The molecule has 2 rings (SSSR count). The lowest BCUT2D eigenvalue weighted by Gasteiger charge is -2.11. The average Bonchev–Trinajstić information content (AvgIpc) is 2.71. The number of aromatic amines is 1. The lowest BCUT2D eigenvalue weighted by Crippen LogP contribution is -2.25. The number of anilines is 1. The minimum atomic E-state index is -0.0211. The number of carbonyl (C=O) groups excluding carboxylic acids is 1. The first-order valence-corrected chi connectivity index (χ1v) is 4.70. The van der Waals surface area contributed by atoms with Gasteiger partial charge in [-0.1, -0.05) is 11.6 Å². The van der Waals surface area contributed by atoms with E-state index in [1.807, 2.05) is 0 Å². The van der Waals surface area contributed by atoms with Gasteiger partial charge in [0.15, 0.2) is 5.82 Å². The van der Waals surface area contributed by atoms with Gasteiger partial charge < -0.3 is 5.11 Å². The number of hydrogen-bond acceptors (Lipinski definition) is 3. The lowest BCUT2D eigenvalue weighted by atomic mass is 10.1. The van der Waals surface area contributed by atoms with Gasteiger partial charge in [-0.15, -0.1) is 0 Å². The minimum absolute atomic E-state index is 0.0120. The highest BCUT2D eigenvalue weighted by atomic mass is 35.5. The van der Waals surface area contributed by atoms with Gasteiger partial charge in [-0.3, -0.25) is 14.8 Å². The topological polar surface area (TPSA) is 69.2 Å². The van der Waals surface area contributed by atoms with E-state index in [9.17, 15) is 4.79 Å². The molecule has 1 saturated heterocycles. The monoisotopic (exact) mass is 215 g/mol. The summed E-state index contributed by atoms with van der Waals surface area (Å²) in [7, 11) is 0. The Kier molecular flexibility index (Phi) is 2.43. The largest absolute Gasteiger partial charge is 0.396 e. The summed E-state index contributed by atoms with van der Waals surface area (Å²) in [5.41, 5.74) is 0. The molecule has 1 aromatic heterocycles. The van der Waals surface area contributed by atoms with Crippen molar-refractivity contribution in [3.05, 3.63) is 11.2 Å². The van der Waals surface area contributed by atoms with Crippen molar-refractivity contribution in [3.8, 4) is 0 Å². The molecule has 14 heavy (non-hydrogen) atoms. The van der Waals surface area contributed by atoms with Crippen LogP contribution in [-0.4, -0.2) is 34.4 Å². The van der Waals surface area contributed by atoms with Gasteiger partial charge in [0.25, 0.3) is 0 Å². The van der Waals surface area contributed by atoms with E-state index in [-0.39, 0.29) is 18.4 Å². The number of aromatic nitrogens is 2. The van der Waals surface area contributed by atoms with Crippen LogP contribution in [0.15, 0.2) is 6.07 Å². The number of H-pyrrole nitrogens is 1. The van der Waals surface area contributed by atoms with Gasteiger partial charge in [-0.2, -0.15) is 5.10 Å². The van der Waals surface area contributed by atoms with E-state index in [0.29, 0.717) is 23.9 Å². The second kappa shape index (κ2) is 3.59. The molecule has 1 atom stereocenters. The van der Waals surface area contributed by atoms with Crippen molar-refractivity contribution in [2.24, 2.45) is 5.92 Å². The summed E-state index contributed by atoms with van der Waals surface area (Å²) < 4.78 is 0. The van der Waals surface area contributed by atoms with Crippen LogP contribution in [0, 0.1) is 5.92 Å². The van der Waals surface area contributed by atoms with Gasteiger partial charge in [0.05, 0.1) is 0 Å². The first-order chi connectivity index (χ1) is 6.70. The number of nitrogens with zero attached hydrogens (tertiary/aromatic N) is 2. The maximum absolute atomic E-state index is 11.5. The summed E-state index contributed by atoms with van der Waals surface area (Å²) in [6, 6.07) is 1.60. The molecule has 6 heteroatoms. The van der Waals surface area contributed by atoms with Gasteiger partial charge in [-0.05, 0) is 0 Å². The van der Waals surface area contributed by atoms with Gasteiger partial charge in [-0.25, -0.2) is 0 Å². The van der Waals surface area contributed by atoms with Crippen LogP contribution in [-0.2, 0) is 4.79 Å². The van der Waals surface area contributed by atoms with Crippen molar-refractivity contribution in [2.75, 3.05) is 18.1 Å². The third kappa shape index (κ3) is 1.60. The Bertz CT molecular complexity index is 352. The van der Waals surface area contributed by atoms with Gasteiger partial charge in [0.1, 0.15) is 5.15 Å². The van der Waals surface area contributed by atoms with Gasteiger partial charge in [0, 0.05) is 31.6 Å². The highest BCUT2D eigenvalue weighted by Crippen LogP contribution is 2.24. The fourth-order valence-electron chi connectivity index (χ4n) is 1.55. The van der Waals surface area contributed by atoms with Crippen molar-refractivity contribution in [1.82, 2.24) is 10.2 Å². The predicted molar refractivity (Wildman–Crippen MR) is 51.1 cm³/mol. The Morgan fingerprint density at radius 2 is 2.57 bits per heavy atom. The normalized spacial score (nSPS) is 22.0. The van der Waals surface area contributed by atoms with Crippen molar-refractivity contribution in [3.63, 3.8) is 0 Å². The van der Waals surface area contributed by atoms with Crippen LogP contribution < -0.4 is 4.90 Å². The third-order valence-corrected chi connectivity index (χ3v) is 2.47. The third-order valence-electron chi connectivity index (χ3n) is 2.27. The molecule has 0 spiro atoms. The molecule has 2 heterocycles. The highest BCUT2D eigenvalue weighted by molar-refractivity contribution is 6.29. The van der Waals surface area contributed by atoms with Crippen LogP contribution in [0.2, 0.25) is 5.15 Å². The Hall–Kier alpha value is -1.07. The zero-order valence-electron chi connectivity index (χ0n) is 7.40. The molecule has 76 valence electrons. The van der Waals surface area contributed by atoms with E-state index in [0.717, 1.165) is 0 Å². The summed E-state index contributed by atoms with van der Waals surface area (Å²) >= 11 is 5.65. The van der Waals surface area contributed by atoms with Crippen LogP contribution in [0.4, 0.5) is 5.82 Å². The average molecular weight is 216 g/mol. The van der Waals surface area contributed by atoms with Crippen LogP contribution in [0.3, 0.4) is 0 Å². The summed E-state index contributed by atoms with van der Waals surface area (Å²) in [5.74, 6) is 0.515. The fourth-order valence-corrected chi connectivity index (χ4v) is 1.69. The number of nitrogens with one attached hydrogen (secondary N) is 1. The Morgan fingerprint density at radius 1 is 1.79 bits per heavy atom. The summed E-state index contributed by atoms with van der Waals surface area (Å²) in [6.45, 7) is 0.539. The number of halogens is 1. The smallest absolute Gasteiger partial charge is 0.228 e. The molecule has 1 aliphatic rings. The molecule has 0 aromatic carbocycles. The molecule has 1 aromatic rings. The number of aliphatic hydroxyl groups is 1. The quantitative estimate of drug-likeness (QED) is 0.751. The Balaban J connectivity index is 2.16. The van der Waals surface area contributed by atoms with E-state index in [1.165, 1.54) is 4.90 Å². The second-order valence-corrected chi connectivity index (χ2v) is 3.74. The number of hydrogen-bond donors (Lipinski definition) is 2. The van der Waals surface area contributed by atoms with Crippen LogP contribution in [0.1, 0.15) is 6.42 Å². The SMILES string of the molecule is O=C1CC(CO)CN1c1cc(Cl)[nH]n1. The number of amides is 1. The van der Waals surface area contributed by atoms with Crippen molar-refractivity contribution >= 4 is 23.3 Å². The number of aliphatic hydroxyl groups excluding tert-OH is 1. The summed E-state index contributed by atoms with van der Waals surface area (Å²) in [5, 5.41) is 15.8. The molecule has 1 aliphatic heterocycles. The highest BCUT2D eigenvalue weighted by Gasteiger charge is 2.31. The van der Waals surface area contributed by atoms with Crippen molar-refractivity contribution in [2.45, 2.75) is 6.42 Å². The first kappa shape index (κ1) is 9.48. The van der Waals surface area contributed by atoms with Gasteiger partial charge in [0.2, 0.25) is 5.91 Å². The zero-order valence-corrected chi connectivity index (χ0v) is 8.16. The maximum atomic E-state index is 11.5. The lowest BCUT2D eigenvalue weighted by molar-refractivity contribution is -0.117. The zero-order chi connectivity index (χ0) is 10.1. The molecular formula is C8H10ClN3O2. The first-order valence-electron chi connectivity index (χ1n) is 4.33. The molecule has 0 saturated carbocycles. The van der Waals surface area contributed by atoms with Gasteiger partial charge >= 0.3 is 0 Å². The van der Waals surface area contributed by atoms with E-state index >= 15 is 0 Å². The maximum Gasteiger partial charge on any atom is 0.228 e. The summed E-state index contributed by atoms with van der Waals surface area (Å²) in [4.78, 5) is 13.0. The van der Waals surface area contributed by atoms with Crippen LogP contribution in [0.5, 0.6) is 0 Å². The Labute approximate surface area is 85.7 Å². The molecule has 2 N–H and O–H groups in total. The molecule has 5 nitrogen and oxygen atoms in total. The van der Waals surface area contributed by atoms with E-state index in [2.05, 4.69) is 10.2 Å². The Morgan fingerprint density at radius 3 is 3.07 bits per heavy atom. The van der Waals surface area contributed by atoms with Crippen LogP contribution >= 0.6 is 11.6 Å². The molecule has 1 unspecified atom stereocenters. The molecule has 0 aliphatic carbocycles. The predicted octanol–water partition coefficient (Wildman–Crippen LogP) is 0.408. The summed E-state index contributed by atoms with van der Waals surface area (Å²) in [6.07, 6.45) is 0.376. The molecular weight excluding hydrogens is 206 g/mol. The van der Waals surface area contributed by atoms with E-state index in [4.69, 9.17) is 16.7 Å². The molecule has 0 bridgehead atoms. The standard InChI is InChI=1S/C8H10ClN3O2/c9-6-2-7(11-10-6)12-3-5(4-13)1-8(12)14/h2,5,13H,1,3-4H2,(H,10,11). The second-order valence-electron chi connectivity index (χ2n) is 3.33. The molecule has 1 amide bonds. The van der Waals surface area contributed by atoms with Crippen LogP contribution in [0.25, 0.3) is 0 Å². The van der Waals surface area contributed by atoms with E-state index < -0.39 is 0 Å². The van der Waals surface area contributed by atoms with Crippen molar-refractivity contribution < 1.29 is 9.90 Å². The molecule has 0 radical (unpaired) electrons. The van der Waals surface area contributed by atoms with E-state index in [1.54, 1.807) is 6.07 Å². The fraction of sp³-hybridized carbons (Fsp3) is 0.500.